The molecule has 0 aliphatic carbocycles. The Bertz CT molecular complexity index is 329. The number of rotatable bonds is 1. The van der Waals surface area contributed by atoms with Gasteiger partial charge in [-0.25, -0.2) is 0 Å². The summed E-state index contributed by atoms with van der Waals surface area (Å²) in [6.07, 6.45) is 6.09. The fourth-order valence-electron chi connectivity index (χ4n) is 1.65. The maximum Gasteiger partial charge on any atom is 0.0860 e. The van der Waals surface area contributed by atoms with Crippen LogP contribution in [-0.2, 0) is 0 Å². The van der Waals surface area contributed by atoms with Gasteiger partial charge in [0.1, 0.15) is 0 Å². The highest BCUT2D eigenvalue weighted by molar-refractivity contribution is 5.68. The van der Waals surface area contributed by atoms with Gasteiger partial charge in [0, 0.05) is 18.8 Å². The van der Waals surface area contributed by atoms with Crippen LogP contribution in [0.5, 0.6) is 0 Å². The van der Waals surface area contributed by atoms with Gasteiger partial charge >= 0.3 is 0 Å². The molecule has 0 fully saturated rings. The summed E-state index contributed by atoms with van der Waals surface area (Å²) in [6.45, 7) is 5.40. The maximum absolute atomic E-state index is 4.32. The van der Waals surface area contributed by atoms with Crippen molar-refractivity contribution in [3.8, 4) is 0 Å². The lowest BCUT2D eigenvalue weighted by molar-refractivity contribution is 0.717. The lowest BCUT2D eigenvalue weighted by Crippen LogP contribution is -2.32. The van der Waals surface area contributed by atoms with E-state index in [0.29, 0.717) is 6.04 Å². The number of pyridine rings is 1. The van der Waals surface area contributed by atoms with Crippen molar-refractivity contribution in [3.05, 3.63) is 30.1 Å². The molecule has 0 aromatic carbocycles. The molecule has 2 nitrogen and oxygen atoms in total. The minimum absolute atomic E-state index is 0.535. The molecule has 13 heavy (non-hydrogen) atoms. The van der Waals surface area contributed by atoms with E-state index in [9.17, 15) is 0 Å². The molecule has 0 saturated heterocycles. The molecule has 0 radical (unpaired) electrons. The van der Waals surface area contributed by atoms with Crippen LogP contribution in [0, 0.1) is 0 Å². The largest absolute Gasteiger partial charge is 0.364 e. The van der Waals surface area contributed by atoms with Gasteiger partial charge < -0.3 is 4.90 Å². The van der Waals surface area contributed by atoms with Crippen molar-refractivity contribution in [3.63, 3.8) is 0 Å². The second-order valence-electron chi connectivity index (χ2n) is 3.56. The van der Waals surface area contributed by atoms with Gasteiger partial charge in [0.15, 0.2) is 0 Å². The fourth-order valence-corrected chi connectivity index (χ4v) is 1.65. The zero-order valence-electron chi connectivity index (χ0n) is 8.07. The summed E-state index contributed by atoms with van der Waals surface area (Å²) < 4.78 is 0. The van der Waals surface area contributed by atoms with E-state index < -0.39 is 0 Å². The van der Waals surface area contributed by atoms with Gasteiger partial charge in [-0.05, 0) is 32.1 Å². The monoisotopic (exact) mass is 174 g/mol. The van der Waals surface area contributed by atoms with Gasteiger partial charge in [-0.15, -0.1) is 0 Å². The van der Waals surface area contributed by atoms with Crippen molar-refractivity contribution in [1.29, 1.82) is 0 Å². The molecule has 2 rings (SSSR count). The van der Waals surface area contributed by atoms with Gasteiger partial charge in [0.05, 0.1) is 11.4 Å². The zero-order valence-corrected chi connectivity index (χ0v) is 8.07. The van der Waals surface area contributed by atoms with Crippen LogP contribution in [0.25, 0.3) is 6.08 Å². The molecule has 0 N–H and O–H groups in total. The average molecular weight is 174 g/mol. The Hall–Kier alpha value is -1.31. The summed E-state index contributed by atoms with van der Waals surface area (Å²) >= 11 is 0. The Morgan fingerprint density at radius 3 is 3.08 bits per heavy atom. The van der Waals surface area contributed by atoms with E-state index in [4.69, 9.17) is 0 Å². The topological polar surface area (TPSA) is 16.1 Å². The lowest BCUT2D eigenvalue weighted by Gasteiger charge is -2.30. The Balaban J connectivity index is 2.43. The van der Waals surface area contributed by atoms with E-state index in [-0.39, 0.29) is 0 Å². The predicted octanol–water partition coefficient (Wildman–Crippen LogP) is 2.32. The van der Waals surface area contributed by atoms with Crippen molar-refractivity contribution in [1.82, 2.24) is 4.98 Å². The number of anilines is 1. The molecular weight excluding hydrogens is 160 g/mol. The summed E-state index contributed by atoms with van der Waals surface area (Å²) in [7, 11) is 0. The van der Waals surface area contributed by atoms with Crippen LogP contribution >= 0.6 is 0 Å². The van der Waals surface area contributed by atoms with Crippen molar-refractivity contribution >= 4 is 11.8 Å². The molecule has 0 bridgehead atoms. The zero-order chi connectivity index (χ0) is 9.26. The molecule has 1 aromatic rings. The van der Waals surface area contributed by atoms with E-state index in [1.807, 2.05) is 12.3 Å². The first-order chi connectivity index (χ1) is 6.29. The number of hydrogen-bond donors (Lipinski definition) is 0. The van der Waals surface area contributed by atoms with Crippen LogP contribution in [0.2, 0.25) is 0 Å². The van der Waals surface area contributed by atoms with Crippen LogP contribution in [-0.4, -0.2) is 17.6 Å². The van der Waals surface area contributed by atoms with Crippen molar-refractivity contribution in [2.24, 2.45) is 0 Å². The highest BCUT2D eigenvalue weighted by atomic mass is 15.2. The highest BCUT2D eigenvalue weighted by Crippen LogP contribution is 2.24. The number of fused-ring (bicyclic) bond motifs is 1. The van der Waals surface area contributed by atoms with Crippen LogP contribution < -0.4 is 4.90 Å². The first-order valence-corrected chi connectivity index (χ1v) is 4.67. The van der Waals surface area contributed by atoms with Crippen molar-refractivity contribution in [2.45, 2.75) is 19.9 Å². The van der Waals surface area contributed by atoms with Crippen LogP contribution in [0.15, 0.2) is 24.4 Å². The van der Waals surface area contributed by atoms with Crippen molar-refractivity contribution < 1.29 is 0 Å². The first-order valence-electron chi connectivity index (χ1n) is 4.67. The molecule has 0 spiro atoms. The van der Waals surface area contributed by atoms with E-state index in [2.05, 4.69) is 41.9 Å². The molecule has 2 heteroatoms. The third-order valence-electron chi connectivity index (χ3n) is 2.33. The van der Waals surface area contributed by atoms with E-state index >= 15 is 0 Å². The predicted molar refractivity (Wildman–Crippen MR) is 55.8 cm³/mol. The Morgan fingerprint density at radius 1 is 1.46 bits per heavy atom. The van der Waals surface area contributed by atoms with Crippen LogP contribution in [0.4, 0.5) is 5.69 Å². The number of hydrogen-bond acceptors (Lipinski definition) is 2. The van der Waals surface area contributed by atoms with Crippen LogP contribution in [0.1, 0.15) is 19.5 Å². The minimum Gasteiger partial charge on any atom is -0.364 e. The molecule has 1 aliphatic rings. The summed E-state index contributed by atoms with van der Waals surface area (Å²) in [5.74, 6) is 0. The summed E-state index contributed by atoms with van der Waals surface area (Å²) in [5.41, 5.74) is 2.34. The molecule has 0 amide bonds. The molecule has 68 valence electrons. The third kappa shape index (κ3) is 1.44. The molecule has 0 saturated carbocycles. The molecule has 1 aromatic heterocycles. The standard InChI is InChI=1S/C11H14N2/c1-9(2)13-8-4-5-10-11(13)6-3-7-12-10/h3-7,9H,8H2,1-2H3. The van der Waals surface area contributed by atoms with Gasteiger partial charge in [0.2, 0.25) is 0 Å². The molecular formula is C11H14N2. The Kier molecular flexibility index (Phi) is 2.05. The van der Waals surface area contributed by atoms with Gasteiger partial charge in [0.25, 0.3) is 0 Å². The molecule has 0 atom stereocenters. The molecule has 1 aliphatic heterocycles. The first kappa shape index (κ1) is 8.30. The second kappa shape index (κ2) is 3.21. The number of nitrogens with zero attached hydrogens (tertiary/aromatic N) is 2. The maximum atomic E-state index is 4.32. The van der Waals surface area contributed by atoms with Gasteiger partial charge in [-0.3, -0.25) is 4.98 Å². The highest BCUT2D eigenvalue weighted by Gasteiger charge is 2.15. The smallest absolute Gasteiger partial charge is 0.0860 e. The van der Waals surface area contributed by atoms with E-state index in [1.165, 1.54) is 5.69 Å². The van der Waals surface area contributed by atoms with E-state index in [0.717, 1.165) is 12.2 Å². The van der Waals surface area contributed by atoms with Gasteiger partial charge in [-0.2, -0.15) is 0 Å². The molecule has 0 unspecified atom stereocenters. The second-order valence-corrected chi connectivity index (χ2v) is 3.56. The van der Waals surface area contributed by atoms with Crippen molar-refractivity contribution in [2.75, 3.05) is 11.4 Å². The lowest BCUT2D eigenvalue weighted by atomic mass is 10.1. The normalized spacial score (nSPS) is 14.8. The summed E-state index contributed by atoms with van der Waals surface area (Å²) in [5, 5.41) is 0. The summed E-state index contributed by atoms with van der Waals surface area (Å²) in [4.78, 5) is 6.67. The quantitative estimate of drug-likeness (QED) is 0.649. The fraction of sp³-hybridized carbons (Fsp3) is 0.364. The Morgan fingerprint density at radius 2 is 2.31 bits per heavy atom. The minimum atomic E-state index is 0.535. The van der Waals surface area contributed by atoms with Crippen LogP contribution in [0.3, 0.4) is 0 Å². The Labute approximate surface area is 78.9 Å². The number of aromatic nitrogens is 1. The molecule has 2 heterocycles. The SMILES string of the molecule is CC(C)N1CC=Cc2ncccc21. The summed E-state index contributed by atoms with van der Waals surface area (Å²) in [6, 6.07) is 4.66. The van der Waals surface area contributed by atoms with Gasteiger partial charge in [-0.1, -0.05) is 6.08 Å². The third-order valence-corrected chi connectivity index (χ3v) is 2.33. The average Bonchev–Trinajstić information content (AvgIpc) is 2.17. The van der Waals surface area contributed by atoms with E-state index in [1.54, 1.807) is 0 Å².